The summed E-state index contributed by atoms with van der Waals surface area (Å²) in [6.45, 7) is 5.33. The van der Waals surface area contributed by atoms with E-state index in [2.05, 4.69) is 58.9 Å². The Balaban J connectivity index is 1.47. The molecule has 1 aliphatic heterocycles. The topological polar surface area (TPSA) is 32.3 Å². The number of likely N-dealkylation sites (tertiary alicyclic amines) is 1. The van der Waals surface area contributed by atoms with E-state index in [0.29, 0.717) is 12.5 Å². The van der Waals surface area contributed by atoms with Crippen molar-refractivity contribution in [1.82, 2.24) is 10.2 Å². The Bertz CT molecular complexity index is 648. The Hall–Kier alpha value is -1.65. The Morgan fingerprint density at radius 1 is 1.19 bits per heavy atom. The number of benzene rings is 1. The normalized spacial score (nSPS) is 17.1. The molecule has 1 fully saturated rings. The van der Waals surface area contributed by atoms with Crippen LogP contribution < -0.4 is 5.32 Å². The van der Waals surface area contributed by atoms with Gasteiger partial charge in [0.2, 0.25) is 5.91 Å². The summed E-state index contributed by atoms with van der Waals surface area (Å²) in [5.74, 6) is 0.996. The van der Waals surface area contributed by atoms with Crippen LogP contribution in [0.2, 0.25) is 0 Å². The van der Waals surface area contributed by atoms with Gasteiger partial charge in [0.25, 0.3) is 0 Å². The van der Waals surface area contributed by atoms with Crippen LogP contribution in [0.1, 0.15) is 49.1 Å². The maximum atomic E-state index is 12.3. The fourth-order valence-electron chi connectivity index (χ4n) is 3.63. The van der Waals surface area contributed by atoms with E-state index in [9.17, 15) is 4.79 Å². The van der Waals surface area contributed by atoms with Crippen molar-refractivity contribution in [3.8, 4) is 0 Å². The summed E-state index contributed by atoms with van der Waals surface area (Å²) >= 11 is 1.80. The van der Waals surface area contributed by atoms with Crippen molar-refractivity contribution in [2.24, 2.45) is 5.92 Å². The van der Waals surface area contributed by atoms with Crippen LogP contribution in [0.3, 0.4) is 0 Å². The van der Waals surface area contributed by atoms with Crippen molar-refractivity contribution in [3.05, 3.63) is 58.3 Å². The first-order chi connectivity index (χ1) is 12.7. The van der Waals surface area contributed by atoms with Crippen LogP contribution in [0.25, 0.3) is 0 Å². The molecule has 1 aromatic heterocycles. The average Bonchev–Trinajstić information content (AvgIpc) is 3.19. The quantitative estimate of drug-likeness (QED) is 0.733. The molecular weight excluding hydrogens is 340 g/mol. The van der Waals surface area contributed by atoms with Crippen LogP contribution in [-0.4, -0.2) is 30.4 Å². The highest BCUT2D eigenvalue weighted by molar-refractivity contribution is 7.10. The molecule has 140 valence electrons. The van der Waals surface area contributed by atoms with Gasteiger partial charge in [0.15, 0.2) is 0 Å². The number of thiophene rings is 1. The van der Waals surface area contributed by atoms with Crippen LogP contribution in [-0.2, 0) is 11.2 Å². The maximum absolute atomic E-state index is 12.3. The van der Waals surface area contributed by atoms with Gasteiger partial charge in [-0.2, -0.15) is 0 Å². The number of aryl methyl sites for hydroxylation is 1. The lowest BCUT2D eigenvalue weighted by Gasteiger charge is -2.36. The number of nitrogens with one attached hydrogen (secondary N) is 1. The third kappa shape index (κ3) is 5.68. The van der Waals surface area contributed by atoms with Gasteiger partial charge in [0, 0.05) is 17.8 Å². The van der Waals surface area contributed by atoms with Crippen molar-refractivity contribution >= 4 is 17.2 Å². The maximum Gasteiger partial charge on any atom is 0.220 e. The Morgan fingerprint density at radius 3 is 2.65 bits per heavy atom. The molecule has 1 amide bonds. The van der Waals surface area contributed by atoms with E-state index in [1.54, 1.807) is 11.3 Å². The third-order valence-electron chi connectivity index (χ3n) is 5.34. The largest absolute Gasteiger partial charge is 0.354 e. The summed E-state index contributed by atoms with van der Waals surface area (Å²) < 4.78 is 0. The van der Waals surface area contributed by atoms with Crippen molar-refractivity contribution in [2.75, 3.05) is 19.6 Å². The lowest BCUT2D eigenvalue weighted by molar-refractivity contribution is -0.121. The second kappa shape index (κ2) is 9.89. The van der Waals surface area contributed by atoms with Crippen molar-refractivity contribution in [3.63, 3.8) is 0 Å². The van der Waals surface area contributed by atoms with Crippen LogP contribution >= 0.6 is 11.3 Å². The lowest BCUT2D eigenvalue weighted by atomic mass is 9.97. The molecule has 0 aliphatic carbocycles. The van der Waals surface area contributed by atoms with Crippen LogP contribution in [0.4, 0.5) is 0 Å². The molecule has 2 heterocycles. The van der Waals surface area contributed by atoms with Gasteiger partial charge in [-0.3, -0.25) is 9.69 Å². The van der Waals surface area contributed by atoms with E-state index in [1.165, 1.54) is 23.3 Å². The minimum absolute atomic E-state index is 0.174. The van der Waals surface area contributed by atoms with E-state index in [0.717, 1.165) is 38.4 Å². The molecule has 0 spiro atoms. The monoisotopic (exact) mass is 370 g/mol. The predicted molar refractivity (Wildman–Crippen MR) is 109 cm³/mol. The molecule has 26 heavy (non-hydrogen) atoms. The number of amides is 1. The summed E-state index contributed by atoms with van der Waals surface area (Å²) in [7, 11) is 0. The molecule has 1 saturated heterocycles. The van der Waals surface area contributed by atoms with Gasteiger partial charge in [-0.1, -0.05) is 43.3 Å². The Labute approximate surface area is 161 Å². The van der Waals surface area contributed by atoms with Crippen molar-refractivity contribution in [1.29, 1.82) is 0 Å². The van der Waals surface area contributed by atoms with E-state index < -0.39 is 0 Å². The highest BCUT2D eigenvalue weighted by atomic mass is 32.1. The molecule has 0 radical (unpaired) electrons. The molecule has 4 heteroatoms. The number of nitrogens with zero attached hydrogens (tertiary/aromatic N) is 1. The highest BCUT2D eigenvalue weighted by Crippen LogP contribution is 2.29. The molecule has 1 unspecified atom stereocenters. The van der Waals surface area contributed by atoms with E-state index in [1.807, 2.05) is 6.07 Å². The number of piperidine rings is 1. The van der Waals surface area contributed by atoms with Crippen molar-refractivity contribution < 1.29 is 4.79 Å². The zero-order chi connectivity index (χ0) is 18.2. The number of rotatable bonds is 8. The van der Waals surface area contributed by atoms with Gasteiger partial charge in [0.1, 0.15) is 0 Å². The van der Waals surface area contributed by atoms with E-state index in [-0.39, 0.29) is 5.91 Å². The number of hydrogen-bond acceptors (Lipinski definition) is 3. The first-order valence-corrected chi connectivity index (χ1v) is 10.7. The first kappa shape index (κ1) is 19.1. The van der Waals surface area contributed by atoms with E-state index >= 15 is 0 Å². The standard InChI is InChI=1S/C22H30N2OS/c1-18-12-14-24(15-13-18)20(21-10-6-16-26-21)17-23-22(25)11-5-9-19-7-3-2-4-8-19/h2-4,6-8,10,16,18,20H,5,9,11-15,17H2,1H3,(H,23,25). The van der Waals surface area contributed by atoms with Gasteiger partial charge < -0.3 is 5.32 Å². The summed E-state index contributed by atoms with van der Waals surface area (Å²) in [6.07, 6.45) is 4.98. The molecular formula is C22H30N2OS. The smallest absolute Gasteiger partial charge is 0.220 e. The zero-order valence-corrected chi connectivity index (χ0v) is 16.5. The highest BCUT2D eigenvalue weighted by Gasteiger charge is 2.25. The molecule has 1 aromatic carbocycles. The molecule has 1 atom stereocenters. The number of carbonyl (C=O) groups excluding carboxylic acids is 1. The Morgan fingerprint density at radius 2 is 1.96 bits per heavy atom. The molecule has 0 bridgehead atoms. The van der Waals surface area contributed by atoms with Gasteiger partial charge in [-0.15, -0.1) is 11.3 Å². The first-order valence-electron chi connectivity index (χ1n) is 9.80. The summed E-state index contributed by atoms with van der Waals surface area (Å²) in [5, 5.41) is 5.33. The molecule has 3 rings (SSSR count). The van der Waals surface area contributed by atoms with Crippen LogP contribution in [0, 0.1) is 5.92 Å². The van der Waals surface area contributed by atoms with Crippen molar-refractivity contribution in [2.45, 2.75) is 45.1 Å². The number of hydrogen-bond donors (Lipinski definition) is 1. The van der Waals surface area contributed by atoms with Gasteiger partial charge >= 0.3 is 0 Å². The molecule has 1 N–H and O–H groups in total. The number of carbonyl (C=O) groups is 1. The summed E-state index contributed by atoms with van der Waals surface area (Å²) in [4.78, 5) is 16.2. The second-order valence-corrected chi connectivity index (χ2v) is 8.37. The fourth-order valence-corrected chi connectivity index (χ4v) is 4.49. The van der Waals surface area contributed by atoms with Gasteiger partial charge in [-0.05, 0) is 61.7 Å². The SMILES string of the molecule is CC1CCN(C(CNC(=O)CCCc2ccccc2)c2cccs2)CC1. The Kier molecular flexibility index (Phi) is 7.27. The minimum Gasteiger partial charge on any atom is -0.354 e. The molecule has 1 aliphatic rings. The summed E-state index contributed by atoms with van der Waals surface area (Å²) in [6, 6.07) is 15.0. The zero-order valence-electron chi connectivity index (χ0n) is 15.7. The third-order valence-corrected chi connectivity index (χ3v) is 6.31. The average molecular weight is 371 g/mol. The van der Waals surface area contributed by atoms with E-state index in [4.69, 9.17) is 0 Å². The summed E-state index contributed by atoms with van der Waals surface area (Å²) in [5.41, 5.74) is 1.30. The predicted octanol–water partition coefficient (Wildman–Crippen LogP) is 4.66. The fraction of sp³-hybridized carbons (Fsp3) is 0.500. The van der Waals surface area contributed by atoms with Gasteiger partial charge in [-0.25, -0.2) is 0 Å². The molecule has 3 nitrogen and oxygen atoms in total. The molecule has 2 aromatic rings. The lowest BCUT2D eigenvalue weighted by Crippen LogP contribution is -2.41. The second-order valence-electron chi connectivity index (χ2n) is 7.39. The van der Waals surface area contributed by atoms with Crippen LogP contribution in [0.5, 0.6) is 0 Å². The minimum atomic E-state index is 0.174. The van der Waals surface area contributed by atoms with Crippen LogP contribution in [0.15, 0.2) is 47.8 Å². The molecule has 0 saturated carbocycles. The van der Waals surface area contributed by atoms with Gasteiger partial charge in [0.05, 0.1) is 6.04 Å².